The highest BCUT2D eigenvalue weighted by Crippen LogP contribution is 2.29. The molecule has 0 bridgehead atoms. The van der Waals surface area contributed by atoms with E-state index >= 15 is 0 Å². The number of oxime groups is 1. The molecule has 1 aromatic heterocycles. The number of aryl methyl sites for hydroxylation is 1. The minimum absolute atomic E-state index is 0.0705. The van der Waals surface area contributed by atoms with E-state index in [0.29, 0.717) is 16.8 Å². The molecule has 1 heterocycles. The molecule has 0 atom stereocenters. The summed E-state index contributed by atoms with van der Waals surface area (Å²) in [6, 6.07) is 7.66. The standard InChI is InChI=1S/C16H16F3N3O3/c1-22-11(9-13(20-22)16(17,18)19)8-10-6-4-5-7-12(10)14(21-25-3)15(23)24-2/h4-7,9H,8H2,1-3H3. The van der Waals surface area contributed by atoms with Crippen LogP contribution in [0.25, 0.3) is 0 Å². The average molecular weight is 355 g/mol. The van der Waals surface area contributed by atoms with Crippen LogP contribution in [0.4, 0.5) is 13.2 Å². The number of ether oxygens (including phenoxy) is 1. The van der Waals surface area contributed by atoms with Crippen LogP contribution in [0, 0.1) is 0 Å². The Labute approximate surface area is 141 Å². The lowest BCUT2D eigenvalue weighted by atomic mass is 9.99. The molecule has 0 spiro atoms. The molecule has 0 saturated carbocycles. The monoisotopic (exact) mass is 355 g/mol. The second-order valence-electron chi connectivity index (χ2n) is 5.09. The van der Waals surface area contributed by atoms with Crippen molar-refractivity contribution >= 4 is 11.7 Å². The summed E-state index contributed by atoms with van der Waals surface area (Å²) in [5.74, 6) is -0.713. The van der Waals surface area contributed by atoms with Gasteiger partial charge in [0.2, 0.25) is 0 Å². The van der Waals surface area contributed by atoms with Gasteiger partial charge in [-0.2, -0.15) is 18.3 Å². The first-order valence-corrected chi connectivity index (χ1v) is 7.15. The van der Waals surface area contributed by atoms with E-state index in [1.54, 1.807) is 24.3 Å². The largest absolute Gasteiger partial charge is 0.464 e. The van der Waals surface area contributed by atoms with Gasteiger partial charge in [-0.25, -0.2) is 4.79 Å². The van der Waals surface area contributed by atoms with Crippen molar-refractivity contribution in [1.29, 1.82) is 0 Å². The predicted molar refractivity (Wildman–Crippen MR) is 83.0 cm³/mol. The SMILES string of the molecule is CON=C(C(=O)OC)c1ccccc1Cc1cc(C(F)(F)F)nn1C. The molecule has 0 N–H and O–H groups in total. The van der Waals surface area contributed by atoms with Gasteiger partial charge < -0.3 is 9.57 Å². The van der Waals surface area contributed by atoms with Crippen molar-refractivity contribution in [1.82, 2.24) is 9.78 Å². The van der Waals surface area contributed by atoms with Crippen LogP contribution in [0.3, 0.4) is 0 Å². The Kier molecular flexibility index (Phi) is 5.45. The summed E-state index contributed by atoms with van der Waals surface area (Å²) in [5.41, 5.74) is 0.285. The van der Waals surface area contributed by atoms with Crippen molar-refractivity contribution in [2.24, 2.45) is 12.2 Å². The van der Waals surface area contributed by atoms with Crippen LogP contribution in [0.2, 0.25) is 0 Å². The van der Waals surface area contributed by atoms with E-state index in [0.717, 1.165) is 10.7 Å². The Hall–Kier alpha value is -2.84. The second kappa shape index (κ2) is 7.37. The predicted octanol–water partition coefficient (Wildman–Crippen LogP) is 2.55. The first-order chi connectivity index (χ1) is 11.8. The first kappa shape index (κ1) is 18.5. The summed E-state index contributed by atoms with van der Waals surface area (Å²) in [4.78, 5) is 16.6. The molecule has 0 aliphatic carbocycles. The van der Waals surface area contributed by atoms with Crippen molar-refractivity contribution < 1.29 is 27.5 Å². The van der Waals surface area contributed by atoms with Crippen molar-refractivity contribution in [2.45, 2.75) is 12.6 Å². The Bertz CT molecular complexity index is 797. The number of alkyl halides is 3. The molecule has 134 valence electrons. The van der Waals surface area contributed by atoms with Crippen LogP contribution in [0.15, 0.2) is 35.5 Å². The fourth-order valence-electron chi connectivity index (χ4n) is 2.29. The number of esters is 1. The molecule has 2 aromatic rings. The van der Waals surface area contributed by atoms with Crippen molar-refractivity contribution in [3.63, 3.8) is 0 Å². The van der Waals surface area contributed by atoms with E-state index in [1.807, 2.05) is 0 Å². The Morgan fingerprint density at radius 3 is 2.52 bits per heavy atom. The lowest BCUT2D eigenvalue weighted by Crippen LogP contribution is -2.19. The van der Waals surface area contributed by atoms with Crippen LogP contribution in [0.5, 0.6) is 0 Å². The number of hydrogen-bond acceptors (Lipinski definition) is 5. The van der Waals surface area contributed by atoms with E-state index in [1.165, 1.54) is 21.3 Å². The van der Waals surface area contributed by atoms with Gasteiger partial charge in [-0.15, -0.1) is 0 Å². The number of halogens is 3. The molecule has 0 aliphatic heterocycles. The molecule has 0 amide bonds. The number of carbonyl (C=O) groups is 1. The maximum absolute atomic E-state index is 12.8. The Balaban J connectivity index is 2.44. The number of nitrogens with zero attached hydrogens (tertiary/aromatic N) is 3. The number of hydrogen-bond donors (Lipinski definition) is 0. The number of aromatic nitrogens is 2. The van der Waals surface area contributed by atoms with Gasteiger partial charge in [0, 0.05) is 24.7 Å². The fraction of sp³-hybridized carbons (Fsp3) is 0.312. The van der Waals surface area contributed by atoms with Gasteiger partial charge in [-0.3, -0.25) is 4.68 Å². The maximum Gasteiger partial charge on any atom is 0.435 e. The Morgan fingerprint density at radius 2 is 1.96 bits per heavy atom. The third-order valence-corrected chi connectivity index (χ3v) is 3.47. The lowest BCUT2D eigenvalue weighted by molar-refractivity contribution is -0.141. The quantitative estimate of drug-likeness (QED) is 0.470. The number of carbonyl (C=O) groups excluding carboxylic acids is 1. The second-order valence-corrected chi connectivity index (χ2v) is 5.09. The smallest absolute Gasteiger partial charge is 0.435 e. The molecule has 1 aromatic carbocycles. The van der Waals surface area contributed by atoms with Crippen molar-refractivity contribution in [3.05, 3.63) is 52.8 Å². The van der Waals surface area contributed by atoms with Crippen LogP contribution < -0.4 is 0 Å². The topological polar surface area (TPSA) is 65.7 Å². The highest BCUT2D eigenvalue weighted by Gasteiger charge is 2.34. The molecular formula is C16H16F3N3O3. The summed E-state index contributed by atoms with van der Waals surface area (Å²) in [5, 5.41) is 7.16. The molecule has 25 heavy (non-hydrogen) atoms. The van der Waals surface area contributed by atoms with Crippen LogP contribution in [0.1, 0.15) is 22.5 Å². The number of rotatable bonds is 5. The van der Waals surface area contributed by atoms with E-state index in [4.69, 9.17) is 0 Å². The van der Waals surface area contributed by atoms with Gasteiger partial charge in [0.25, 0.3) is 0 Å². The average Bonchev–Trinajstić information content (AvgIpc) is 2.94. The van der Waals surface area contributed by atoms with Gasteiger partial charge in [-0.05, 0) is 11.6 Å². The van der Waals surface area contributed by atoms with E-state index in [9.17, 15) is 18.0 Å². The molecule has 2 rings (SSSR count). The molecule has 9 heteroatoms. The maximum atomic E-state index is 12.8. The molecule has 6 nitrogen and oxygen atoms in total. The third kappa shape index (κ3) is 4.17. The highest BCUT2D eigenvalue weighted by atomic mass is 19.4. The van der Waals surface area contributed by atoms with E-state index in [-0.39, 0.29) is 12.1 Å². The van der Waals surface area contributed by atoms with Crippen LogP contribution >= 0.6 is 0 Å². The van der Waals surface area contributed by atoms with Gasteiger partial charge in [0.1, 0.15) is 7.11 Å². The first-order valence-electron chi connectivity index (χ1n) is 7.15. The minimum Gasteiger partial charge on any atom is -0.464 e. The zero-order valence-electron chi connectivity index (χ0n) is 13.8. The molecule has 0 aliphatic rings. The molecule has 0 radical (unpaired) electrons. The fourth-order valence-corrected chi connectivity index (χ4v) is 2.29. The van der Waals surface area contributed by atoms with Gasteiger partial charge in [0.15, 0.2) is 11.4 Å². The zero-order valence-corrected chi connectivity index (χ0v) is 13.8. The molecule has 0 unspecified atom stereocenters. The van der Waals surface area contributed by atoms with Crippen molar-refractivity contribution in [3.8, 4) is 0 Å². The van der Waals surface area contributed by atoms with Gasteiger partial charge in [0.05, 0.1) is 7.11 Å². The van der Waals surface area contributed by atoms with Crippen LogP contribution in [-0.4, -0.2) is 35.7 Å². The molecule has 0 fully saturated rings. The van der Waals surface area contributed by atoms with Gasteiger partial charge >= 0.3 is 12.1 Å². The Morgan fingerprint density at radius 1 is 1.28 bits per heavy atom. The highest BCUT2D eigenvalue weighted by molar-refractivity contribution is 6.43. The number of benzene rings is 1. The summed E-state index contributed by atoms with van der Waals surface area (Å²) in [6.45, 7) is 0. The summed E-state index contributed by atoms with van der Waals surface area (Å²) >= 11 is 0. The minimum atomic E-state index is -4.52. The number of methoxy groups -OCH3 is 1. The lowest BCUT2D eigenvalue weighted by Gasteiger charge is -2.10. The summed E-state index contributed by atoms with van der Waals surface area (Å²) in [7, 11) is 3.91. The summed E-state index contributed by atoms with van der Waals surface area (Å²) < 4.78 is 44.3. The van der Waals surface area contributed by atoms with E-state index < -0.39 is 17.8 Å². The zero-order chi connectivity index (χ0) is 18.6. The normalized spacial score (nSPS) is 12.2. The van der Waals surface area contributed by atoms with Gasteiger partial charge in [-0.1, -0.05) is 29.4 Å². The third-order valence-electron chi connectivity index (χ3n) is 3.47. The van der Waals surface area contributed by atoms with Crippen molar-refractivity contribution in [2.75, 3.05) is 14.2 Å². The summed E-state index contributed by atoms with van der Waals surface area (Å²) in [6.07, 6.45) is -4.40. The molecular weight excluding hydrogens is 339 g/mol. The molecule has 0 saturated heterocycles. The van der Waals surface area contributed by atoms with Crippen LogP contribution in [-0.2, 0) is 34.0 Å². The van der Waals surface area contributed by atoms with E-state index in [2.05, 4.69) is 19.8 Å².